The third-order valence-corrected chi connectivity index (χ3v) is 9.66. The molecule has 0 radical (unpaired) electrons. The maximum Gasteiger partial charge on any atom is 0.315 e. The predicted molar refractivity (Wildman–Crippen MR) is 117 cm³/mol. The van der Waals surface area contributed by atoms with Gasteiger partial charge < -0.3 is 10.6 Å². The van der Waals surface area contributed by atoms with Crippen LogP contribution >= 0.6 is 11.3 Å². The number of amides is 2. The van der Waals surface area contributed by atoms with Gasteiger partial charge in [-0.05, 0) is 93.4 Å². The number of hydrogen-bond donors (Lipinski definition) is 2. The van der Waals surface area contributed by atoms with Gasteiger partial charge in [0.05, 0.1) is 0 Å². The fourth-order valence-corrected chi connectivity index (χ4v) is 8.88. The molecule has 4 saturated carbocycles. The molecule has 2 aliphatic heterocycles. The van der Waals surface area contributed by atoms with Gasteiger partial charge in [-0.15, -0.1) is 11.3 Å². The Balaban J connectivity index is 1.08. The summed E-state index contributed by atoms with van der Waals surface area (Å²) in [6.45, 7) is 1.10. The van der Waals surface area contributed by atoms with Crippen LogP contribution in [0.3, 0.4) is 0 Å². The summed E-state index contributed by atoms with van der Waals surface area (Å²) in [6, 6.07) is 6.17. The highest BCUT2D eigenvalue weighted by Gasteiger charge is 2.51. The lowest BCUT2D eigenvalue weighted by Crippen LogP contribution is -2.63. The van der Waals surface area contributed by atoms with Gasteiger partial charge in [0, 0.05) is 35.1 Å². The van der Waals surface area contributed by atoms with Crippen LogP contribution in [0.2, 0.25) is 0 Å². The molecule has 0 unspecified atom stereocenters. The molecule has 6 fully saturated rings. The minimum Gasteiger partial charge on any atom is -0.335 e. The summed E-state index contributed by atoms with van der Waals surface area (Å²) >= 11 is 1.88. The van der Waals surface area contributed by atoms with Crippen LogP contribution < -0.4 is 10.6 Å². The number of hydrogen-bond acceptors (Lipinski definition) is 3. The maximum absolute atomic E-state index is 13.0. The number of rotatable bonds is 4. The van der Waals surface area contributed by atoms with E-state index in [4.69, 9.17) is 0 Å². The maximum atomic E-state index is 13.0. The summed E-state index contributed by atoms with van der Waals surface area (Å²) in [5.41, 5.74) is 0.120. The Hall–Kier alpha value is -1.07. The zero-order chi connectivity index (χ0) is 19.4. The molecule has 5 heteroatoms. The number of urea groups is 1. The van der Waals surface area contributed by atoms with E-state index in [2.05, 4.69) is 33.0 Å². The Morgan fingerprint density at radius 3 is 2.28 bits per heavy atom. The average molecular weight is 414 g/mol. The molecule has 6 bridgehead atoms. The fraction of sp³-hybridized carbons (Fsp3) is 0.792. The van der Waals surface area contributed by atoms with Crippen molar-refractivity contribution in [2.45, 2.75) is 101 Å². The van der Waals surface area contributed by atoms with Gasteiger partial charge in [0.15, 0.2) is 0 Å². The third kappa shape index (κ3) is 3.63. The second-order valence-electron chi connectivity index (χ2n) is 11.0. The smallest absolute Gasteiger partial charge is 0.315 e. The van der Waals surface area contributed by atoms with Crippen molar-refractivity contribution >= 4 is 17.4 Å². The number of piperidine rings is 2. The molecule has 1 aromatic rings. The molecule has 2 N–H and O–H groups in total. The minimum absolute atomic E-state index is 0.120. The van der Waals surface area contributed by atoms with Gasteiger partial charge in [-0.1, -0.05) is 12.5 Å². The van der Waals surface area contributed by atoms with Gasteiger partial charge in [0.2, 0.25) is 0 Å². The third-order valence-electron chi connectivity index (χ3n) is 8.80. The van der Waals surface area contributed by atoms with Crippen molar-refractivity contribution in [2.75, 3.05) is 0 Å². The monoisotopic (exact) mass is 413 g/mol. The second kappa shape index (κ2) is 7.26. The van der Waals surface area contributed by atoms with Crippen LogP contribution in [0.25, 0.3) is 0 Å². The molecule has 7 rings (SSSR count). The van der Waals surface area contributed by atoms with Gasteiger partial charge in [0.25, 0.3) is 0 Å². The van der Waals surface area contributed by atoms with E-state index in [0.717, 1.165) is 37.1 Å². The van der Waals surface area contributed by atoms with Crippen molar-refractivity contribution in [2.24, 2.45) is 17.8 Å². The molecule has 158 valence electrons. The molecule has 3 heterocycles. The van der Waals surface area contributed by atoms with Crippen LogP contribution in [-0.4, -0.2) is 34.6 Å². The van der Waals surface area contributed by atoms with E-state index in [1.807, 2.05) is 11.3 Å². The van der Waals surface area contributed by atoms with E-state index < -0.39 is 0 Å². The molecule has 0 spiro atoms. The van der Waals surface area contributed by atoms with Gasteiger partial charge in [-0.2, -0.15) is 0 Å². The Labute approximate surface area is 178 Å². The number of thiophene rings is 1. The lowest BCUT2D eigenvalue weighted by Gasteiger charge is -2.57. The van der Waals surface area contributed by atoms with Crippen molar-refractivity contribution in [3.63, 3.8) is 0 Å². The van der Waals surface area contributed by atoms with Gasteiger partial charge in [-0.3, -0.25) is 4.90 Å². The van der Waals surface area contributed by atoms with Crippen molar-refractivity contribution in [3.8, 4) is 0 Å². The van der Waals surface area contributed by atoms with Crippen molar-refractivity contribution in [1.29, 1.82) is 0 Å². The van der Waals surface area contributed by atoms with Crippen molar-refractivity contribution in [3.05, 3.63) is 22.4 Å². The van der Waals surface area contributed by atoms with E-state index in [9.17, 15) is 4.79 Å². The van der Waals surface area contributed by atoms with Crippen LogP contribution in [0.5, 0.6) is 0 Å². The largest absolute Gasteiger partial charge is 0.335 e. The Kier molecular flexibility index (Phi) is 4.68. The first-order chi connectivity index (χ1) is 14.1. The first-order valence-electron chi connectivity index (χ1n) is 12.0. The van der Waals surface area contributed by atoms with E-state index in [0.29, 0.717) is 18.1 Å². The zero-order valence-corrected chi connectivity index (χ0v) is 18.3. The van der Waals surface area contributed by atoms with Crippen LogP contribution in [-0.2, 0) is 6.54 Å². The van der Waals surface area contributed by atoms with Crippen molar-refractivity contribution in [1.82, 2.24) is 15.5 Å². The highest BCUT2D eigenvalue weighted by atomic mass is 32.1. The van der Waals surface area contributed by atoms with Crippen LogP contribution in [0.15, 0.2) is 17.5 Å². The summed E-state index contributed by atoms with van der Waals surface area (Å²) in [5, 5.41) is 9.14. The van der Waals surface area contributed by atoms with Gasteiger partial charge >= 0.3 is 6.03 Å². The molecule has 4 nitrogen and oxygen atoms in total. The molecule has 4 aliphatic carbocycles. The van der Waals surface area contributed by atoms with Crippen LogP contribution in [0.4, 0.5) is 4.79 Å². The normalized spacial score (nSPS) is 43.3. The van der Waals surface area contributed by atoms with Gasteiger partial charge in [0.1, 0.15) is 0 Å². The standard InChI is InChI=1S/C24H35N3OS/c28-23(26-24-12-16-7-17(13-24)9-18(8-16)14-24)25-19-10-20-3-1-4-21(11-19)27(20)15-22-5-2-6-29-22/h2,5-6,16-21H,1,3-4,7-15H2,(H2,25,26,28)/t16?,17?,18?,20-,21-,24?/m1/s1. The zero-order valence-electron chi connectivity index (χ0n) is 17.4. The topological polar surface area (TPSA) is 44.4 Å². The highest BCUT2D eigenvalue weighted by Crippen LogP contribution is 2.55. The first kappa shape index (κ1) is 18.7. The van der Waals surface area contributed by atoms with E-state index >= 15 is 0 Å². The van der Waals surface area contributed by atoms with Gasteiger partial charge in [-0.25, -0.2) is 4.79 Å². The summed E-state index contributed by atoms with van der Waals surface area (Å²) < 4.78 is 0. The average Bonchev–Trinajstić information content (AvgIpc) is 3.13. The molecular formula is C24H35N3OS. The lowest BCUT2D eigenvalue weighted by atomic mass is 9.53. The SMILES string of the molecule is O=C(NC1C[C@H]2CCC[C@H](C1)N2Cc1cccs1)NC12CC3CC(CC(C3)C1)C2. The number of carbonyl (C=O) groups excluding carboxylic acids is 1. The summed E-state index contributed by atoms with van der Waals surface area (Å²) in [4.78, 5) is 17.2. The molecule has 6 aliphatic rings. The van der Waals surface area contributed by atoms with E-state index in [1.165, 1.54) is 62.7 Å². The number of nitrogens with zero attached hydrogens (tertiary/aromatic N) is 1. The number of fused-ring (bicyclic) bond motifs is 2. The lowest BCUT2D eigenvalue weighted by molar-refractivity contribution is -0.0145. The summed E-state index contributed by atoms with van der Waals surface area (Å²) in [7, 11) is 0. The predicted octanol–water partition coefficient (Wildman–Crippen LogP) is 4.90. The molecule has 2 saturated heterocycles. The summed E-state index contributed by atoms with van der Waals surface area (Å²) in [5.74, 6) is 2.63. The first-order valence-corrected chi connectivity index (χ1v) is 12.9. The van der Waals surface area contributed by atoms with Crippen LogP contribution in [0.1, 0.15) is 75.5 Å². The highest BCUT2D eigenvalue weighted by molar-refractivity contribution is 7.09. The molecule has 2 atom stereocenters. The molecule has 1 aromatic heterocycles. The van der Waals surface area contributed by atoms with Crippen LogP contribution in [0, 0.1) is 17.8 Å². The summed E-state index contributed by atoms with van der Waals surface area (Å²) in [6.07, 6.45) is 14.1. The second-order valence-corrected chi connectivity index (χ2v) is 12.0. The quantitative estimate of drug-likeness (QED) is 0.737. The Bertz CT molecular complexity index is 698. The molecule has 0 aromatic carbocycles. The van der Waals surface area contributed by atoms with E-state index in [1.54, 1.807) is 0 Å². The molecule has 2 amide bonds. The Morgan fingerprint density at radius 2 is 1.69 bits per heavy atom. The number of carbonyl (C=O) groups is 1. The molecular weight excluding hydrogens is 378 g/mol. The number of nitrogens with one attached hydrogen (secondary N) is 2. The Morgan fingerprint density at radius 1 is 1.03 bits per heavy atom. The minimum atomic E-state index is 0.120. The van der Waals surface area contributed by atoms with Crippen molar-refractivity contribution < 1.29 is 4.79 Å². The van der Waals surface area contributed by atoms with E-state index in [-0.39, 0.29) is 11.6 Å². The fourth-order valence-electron chi connectivity index (χ4n) is 8.16. The molecule has 29 heavy (non-hydrogen) atoms.